The summed E-state index contributed by atoms with van der Waals surface area (Å²) < 4.78 is 2.95. The average molecular weight is 373 g/mol. The van der Waals surface area contributed by atoms with Crippen molar-refractivity contribution in [2.75, 3.05) is 23.9 Å². The van der Waals surface area contributed by atoms with E-state index >= 15 is 0 Å². The van der Waals surface area contributed by atoms with Crippen LogP contribution in [0.15, 0.2) is 16.6 Å². The van der Waals surface area contributed by atoms with E-state index in [1.54, 1.807) is 17.2 Å². The highest BCUT2D eigenvalue weighted by Gasteiger charge is 2.15. The summed E-state index contributed by atoms with van der Waals surface area (Å²) >= 11 is 5.25. The number of nitrogens with zero attached hydrogens (tertiary/aromatic N) is 2. The van der Waals surface area contributed by atoms with E-state index in [9.17, 15) is 4.79 Å². The van der Waals surface area contributed by atoms with Crippen LogP contribution in [-0.2, 0) is 11.2 Å². The summed E-state index contributed by atoms with van der Waals surface area (Å²) in [6.45, 7) is 1.97. The largest absolute Gasteiger partial charge is 0.360 e. The standard InChI is InChI=1S/C13H17BrN4O2S/c1-8-9(14)3-4-11-16-10(5-6-21-2)13(18(8)11)15-7-12(19)17-20/h3-4,15,20H,5-7H2,1-2H3,(H,17,19). The van der Waals surface area contributed by atoms with Gasteiger partial charge in [0.25, 0.3) is 5.91 Å². The van der Waals surface area contributed by atoms with E-state index in [1.807, 2.05) is 29.7 Å². The second-order valence-corrected chi connectivity index (χ2v) is 6.34. The molecule has 0 bridgehead atoms. The highest BCUT2D eigenvalue weighted by Crippen LogP contribution is 2.25. The van der Waals surface area contributed by atoms with Crippen molar-refractivity contribution in [1.82, 2.24) is 14.9 Å². The number of thioether (sulfide) groups is 1. The van der Waals surface area contributed by atoms with E-state index in [4.69, 9.17) is 5.21 Å². The minimum atomic E-state index is -0.492. The number of imidazole rings is 1. The van der Waals surface area contributed by atoms with E-state index in [0.717, 1.165) is 39.5 Å². The Balaban J connectivity index is 2.45. The van der Waals surface area contributed by atoms with Crippen molar-refractivity contribution in [2.45, 2.75) is 13.3 Å². The molecule has 0 saturated carbocycles. The third-order valence-corrected chi connectivity index (χ3v) is 4.57. The summed E-state index contributed by atoms with van der Waals surface area (Å²) in [7, 11) is 0. The second-order valence-electron chi connectivity index (χ2n) is 4.50. The molecule has 2 aromatic heterocycles. The van der Waals surface area contributed by atoms with Gasteiger partial charge in [0.15, 0.2) is 0 Å². The first-order valence-corrected chi connectivity index (χ1v) is 8.59. The predicted octanol–water partition coefficient (Wildman–Crippen LogP) is 2.23. The summed E-state index contributed by atoms with van der Waals surface area (Å²) in [6.07, 6.45) is 2.85. The fraction of sp³-hybridized carbons (Fsp3) is 0.385. The zero-order valence-electron chi connectivity index (χ0n) is 11.8. The van der Waals surface area contributed by atoms with Crippen LogP contribution in [0.4, 0.5) is 5.82 Å². The molecule has 0 radical (unpaired) electrons. The molecular weight excluding hydrogens is 356 g/mol. The average Bonchev–Trinajstić information content (AvgIpc) is 2.84. The number of fused-ring (bicyclic) bond motifs is 1. The van der Waals surface area contributed by atoms with Crippen molar-refractivity contribution < 1.29 is 10.0 Å². The van der Waals surface area contributed by atoms with Gasteiger partial charge < -0.3 is 5.32 Å². The summed E-state index contributed by atoms with van der Waals surface area (Å²) in [4.78, 5) is 15.9. The first-order valence-electron chi connectivity index (χ1n) is 6.40. The molecule has 0 spiro atoms. The Labute approximate surface area is 135 Å². The number of pyridine rings is 1. The number of nitrogens with one attached hydrogen (secondary N) is 2. The molecule has 0 unspecified atom stereocenters. The van der Waals surface area contributed by atoms with Crippen LogP contribution in [0.5, 0.6) is 0 Å². The summed E-state index contributed by atoms with van der Waals surface area (Å²) in [6, 6.07) is 3.89. The van der Waals surface area contributed by atoms with Crippen LogP contribution in [0.1, 0.15) is 11.4 Å². The fourth-order valence-electron chi connectivity index (χ4n) is 2.07. The quantitative estimate of drug-likeness (QED) is 0.535. The molecular formula is C13H17BrN4O2S. The van der Waals surface area contributed by atoms with Gasteiger partial charge in [-0.05, 0) is 47.0 Å². The van der Waals surface area contributed by atoms with Crippen LogP contribution in [0.2, 0.25) is 0 Å². The molecule has 6 nitrogen and oxygen atoms in total. The molecule has 2 rings (SSSR count). The molecule has 0 aliphatic heterocycles. The Morgan fingerprint density at radius 2 is 2.29 bits per heavy atom. The predicted molar refractivity (Wildman–Crippen MR) is 88.1 cm³/mol. The van der Waals surface area contributed by atoms with Crippen LogP contribution >= 0.6 is 27.7 Å². The van der Waals surface area contributed by atoms with Crippen molar-refractivity contribution in [3.8, 4) is 0 Å². The zero-order valence-corrected chi connectivity index (χ0v) is 14.2. The maximum absolute atomic E-state index is 11.3. The van der Waals surface area contributed by atoms with Gasteiger partial charge in [-0.25, -0.2) is 10.5 Å². The molecule has 21 heavy (non-hydrogen) atoms. The molecule has 0 atom stereocenters. The molecule has 0 aliphatic rings. The van der Waals surface area contributed by atoms with E-state index in [1.165, 1.54) is 0 Å². The van der Waals surface area contributed by atoms with Crippen LogP contribution in [-0.4, -0.2) is 39.1 Å². The maximum Gasteiger partial charge on any atom is 0.262 e. The summed E-state index contributed by atoms with van der Waals surface area (Å²) in [5.41, 5.74) is 4.37. The van der Waals surface area contributed by atoms with E-state index in [2.05, 4.69) is 26.2 Å². The number of hydroxylamine groups is 1. The lowest BCUT2D eigenvalue weighted by molar-refractivity contribution is -0.127. The van der Waals surface area contributed by atoms with Crippen molar-refractivity contribution in [3.05, 3.63) is 28.0 Å². The lowest BCUT2D eigenvalue weighted by Gasteiger charge is -2.10. The molecule has 0 fully saturated rings. The molecule has 2 aromatic rings. The molecule has 3 N–H and O–H groups in total. The van der Waals surface area contributed by atoms with E-state index in [0.29, 0.717) is 0 Å². The number of amides is 1. The van der Waals surface area contributed by atoms with Crippen molar-refractivity contribution in [3.63, 3.8) is 0 Å². The van der Waals surface area contributed by atoms with Crippen molar-refractivity contribution in [1.29, 1.82) is 0 Å². The minimum absolute atomic E-state index is 0.0114. The van der Waals surface area contributed by atoms with E-state index < -0.39 is 5.91 Å². The topological polar surface area (TPSA) is 78.7 Å². The Bertz CT molecular complexity index is 659. The normalized spacial score (nSPS) is 10.9. The van der Waals surface area contributed by atoms with Crippen LogP contribution in [0, 0.1) is 6.92 Å². The lowest BCUT2D eigenvalue weighted by Crippen LogP contribution is -2.27. The number of aromatic nitrogens is 2. The fourth-order valence-corrected chi connectivity index (χ4v) is 2.78. The van der Waals surface area contributed by atoms with Gasteiger partial charge >= 0.3 is 0 Å². The Hall–Kier alpha value is -1.25. The monoisotopic (exact) mass is 372 g/mol. The van der Waals surface area contributed by atoms with Crippen LogP contribution in [0.25, 0.3) is 5.65 Å². The molecule has 8 heteroatoms. The smallest absolute Gasteiger partial charge is 0.262 e. The number of anilines is 1. The molecule has 1 amide bonds. The summed E-state index contributed by atoms with van der Waals surface area (Å²) in [5, 5.41) is 11.7. The molecule has 2 heterocycles. The molecule has 114 valence electrons. The van der Waals surface area contributed by atoms with Gasteiger partial charge in [0, 0.05) is 16.6 Å². The SMILES string of the molecule is CSCCc1nc2ccc(Br)c(C)n2c1NCC(=O)NO. The third-order valence-electron chi connectivity index (χ3n) is 3.12. The van der Waals surface area contributed by atoms with Gasteiger partial charge in [-0.1, -0.05) is 0 Å². The van der Waals surface area contributed by atoms with Crippen molar-refractivity contribution in [2.24, 2.45) is 0 Å². The molecule has 0 aliphatic carbocycles. The second kappa shape index (κ2) is 7.15. The number of rotatable bonds is 6. The van der Waals surface area contributed by atoms with Crippen molar-refractivity contribution >= 4 is 45.1 Å². The lowest BCUT2D eigenvalue weighted by atomic mass is 10.3. The van der Waals surface area contributed by atoms with Gasteiger partial charge in [0.05, 0.1) is 12.2 Å². The molecule has 0 aromatic carbocycles. The number of carbonyl (C=O) groups is 1. The van der Waals surface area contributed by atoms with Gasteiger partial charge in [-0.15, -0.1) is 0 Å². The number of aryl methyl sites for hydroxylation is 2. The minimum Gasteiger partial charge on any atom is -0.360 e. The zero-order chi connectivity index (χ0) is 15.4. The van der Waals surface area contributed by atoms with Gasteiger partial charge in [0.2, 0.25) is 0 Å². The summed E-state index contributed by atoms with van der Waals surface area (Å²) in [5.74, 6) is 1.25. The first kappa shape index (κ1) is 16.1. The van der Waals surface area contributed by atoms with Gasteiger partial charge in [-0.3, -0.25) is 14.4 Å². The molecule has 0 saturated heterocycles. The number of hydrogen-bond acceptors (Lipinski definition) is 5. The van der Waals surface area contributed by atoms with Gasteiger partial charge in [0.1, 0.15) is 11.5 Å². The Morgan fingerprint density at radius 1 is 1.52 bits per heavy atom. The number of halogens is 1. The van der Waals surface area contributed by atoms with E-state index in [-0.39, 0.29) is 6.54 Å². The maximum atomic E-state index is 11.3. The first-order chi connectivity index (χ1) is 10.1. The third kappa shape index (κ3) is 3.50. The van der Waals surface area contributed by atoms with Crippen LogP contribution < -0.4 is 10.8 Å². The Morgan fingerprint density at radius 3 is 2.95 bits per heavy atom. The van der Waals surface area contributed by atoms with Crippen LogP contribution in [0.3, 0.4) is 0 Å². The number of carbonyl (C=O) groups excluding carboxylic acids is 1. The highest BCUT2D eigenvalue weighted by atomic mass is 79.9. The Kier molecular flexibility index (Phi) is 5.49. The number of hydrogen-bond donors (Lipinski definition) is 3. The highest BCUT2D eigenvalue weighted by molar-refractivity contribution is 9.10. The van der Waals surface area contributed by atoms with Gasteiger partial charge in [-0.2, -0.15) is 11.8 Å².